The van der Waals surface area contributed by atoms with E-state index >= 15 is 0 Å². The molecule has 0 radical (unpaired) electrons. The van der Waals surface area contributed by atoms with Crippen LogP contribution < -0.4 is 5.32 Å². The molecular formula is C14H17N3O3. The Morgan fingerprint density at radius 1 is 1.40 bits per heavy atom. The van der Waals surface area contributed by atoms with Gasteiger partial charge in [-0.05, 0) is 26.0 Å². The number of para-hydroxylation sites is 1. The summed E-state index contributed by atoms with van der Waals surface area (Å²) in [7, 11) is 0. The van der Waals surface area contributed by atoms with E-state index in [1.807, 2.05) is 13.8 Å². The number of carboxylic acids is 1. The van der Waals surface area contributed by atoms with Crippen LogP contribution in [0.2, 0.25) is 0 Å². The summed E-state index contributed by atoms with van der Waals surface area (Å²) in [6.45, 7) is 4.67. The number of rotatable bonds is 5. The fraction of sp³-hybridized carbons (Fsp3) is 0.357. The van der Waals surface area contributed by atoms with Gasteiger partial charge in [0.2, 0.25) is 5.91 Å². The molecule has 0 spiro atoms. The maximum Gasteiger partial charge on any atom is 0.337 e. The van der Waals surface area contributed by atoms with Gasteiger partial charge in [0.25, 0.3) is 0 Å². The van der Waals surface area contributed by atoms with Gasteiger partial charge >= 0.3 is 5.97 Å². The topological polar surface area (TPSA) is 84.2 Å². The monoisotopic (exact) mass is 275 g/mol. The average Bonchev–Trinajstić information content (AvgIpc) is 2.72. The number of carbonyl (C=O) groups excluding carboxylic acids is 1. The molecular weight excluding hydrogens is 258 g/mol. The summed E-state index contributed by atoms with van der Waals surface area (Å²) in [6, 6.07) is 5.00. The van der Waals surface area contributed by atoms with Gasteiger partial charge in [0.1, 0.15) is 5.82 Å². The third-order valence-corrected chi connectivity index (χ3v) is 3.12. The molecule has 0 aliphatic carbocycles. The number of nitrogens with one attached hydrogen (secondary N) is 1. The van der Waals surface area contributed by atoms with E-state index in [4.69, 9.17) is 0 Å². The van der Waals surface area contributed by atoms with Gasteiger partial charge in [0.15, 0.2) is 0 Å². The van der Waals surface area contributed by atoms with Crippen LogP contribution in [0.4, 0.5) is 0 Å². The zero-order valence-electron chi connectivity index (χ0n) is 11.5. The van der Waals surface area contributed by atoms with E-state index in [2.05, 4.69) is 10.3 Å². The first-order valence-corrected chi connectivity index (χ1v) is 6.50. The fourth-order valence-electron chi connectivity index (χ4n) is 2.25. The molecule has 0 unspecified atom stereocenters. The van der Waals surface area contributed by atoms with Crippen LogP contribution >= 0.6 is 0 Å². The Labute approximate surface area is 116 Å². The number of amides is 1. The Balaban J connectivity index is 2.39. The second kappa shape index (κ2) is 5.73. The molecule has 0 saturated carbocycles. The summed E-state index contributed by atoms with van der Waals surface area (Å²) < 4.78 is 1.79. The van der Waals surface area contributed by atoms with Crippen LogP contribution in [0.1, 0.15) is 29.5 Å². The van der Waals surface area contributed by atoms with E-state index in [9.17, 15) is 14.7 Å². The van der Waals surface area contributed by atoms with Crippen LogP contribution in [-0.2, 0) is 11.3 Å². The van der Waals surface area contributed by atoms with Gasteiger partial charge in [-0.3, -0.25) is 4.79 Å². The maximum atomic E-state index is 11.5. The highest BCUT2D eigenvalue weighted by molar-refractivity contribution is 6.01. The largest absolute Gasteiger partial charge is 0.478 e. The molecule has 6 nitrogen and oxygen atoms in total. The minimum atomic E-state index is -0.991. The van der Waals surface area contributed by atoms with Crippen LogP contribution in [0.5, 0.6) is 0 Å². The first kappa shape index (κ1) is 14.0. The van der Waals surface area contributed by atoms with Crippen molar-refractivity contribution < 1.29 is 14.7 Å². The molecule has 20 heavy (non-hydrogen) atoms. The molecule has 2 rings (SSSR count). The van der Waals surface area contributed by atoms with Gasteiger partial charge in [0.05, 0.1) is 16.6 Å². The third kappa shape index (κ3) is 2.64. The summed E-state index contributed by atoms with van der Waals surface area (Å²) in [6.07, 6.45) is 0.300. The van der Waals surface area contributed by atoms with Gasteiger partial charge in [0, 0.05) is 19.5 Å². The number of carbonyl (C=O) groups is 2. The lowest BCUT2D eigenvalue weighted by Gasteiger charge is -2.08. The number of benzene rings is 1. The number of hydrogen-bond donors (Lipinski definition) is 2. The molecule has 2 N–H and O–H groups in total. The molecule has 0 atom stereocenters. The molecule has 1 amide bonds. The first-order valence-electron chi connectivity index (χ1n) is 6.50. The predicted octanol–water partition coefficient (Wildman–Crippen LogP) is 1.57. The minimum absolute atomic E-state index is 0.0541. The molecule has 1 aromatic heterocycles. The standard InChI is InChI=1S/C14H17N3O3/c1-3-15-12(18)7-8-17-9(2)16-11-6-4-5-10(13(11)17)14(19)20/h4-6H,3,7-8H2,1-2H3,(H,15,18)(H,19,20). The molecule has 0 aliphatic rings. The highest BCUT2D eigenvalue weighted by Gasteiger charge is 2.16. The molecule has 0 aliphatic heterocycles. The normalized spacial score (nSPS) is 10.7. The average molecular weight is 275 g/mol. The van der Waals surface area contributed by atoms with Crippen LogP contribution in [0.25, 0.3) is 11.0 Å². The van der Waals surface area contributed by atoms with Gasteiger partial charge in [-0.1, -0.05) is 6.07 Å². The molecule has 0 saturated heterocycles. The second-order valence-electron chi connectivity index (χ2n) is 4.49. The van der Waals surface area contributed by atoms with Crippen LogP contribution in [-0.4, -0.2) is 33.1 Å². The molecule has 1 aromatic carbocycles. The highest BCUT2D eigenvalue weighted by atomic mass is 16.4. The Bertz CT molecular complexity index is 661. The maximum absolute atomic E-state index is 11.5. The van der Waals surface area contributed by atoms with E-state index in [1.165, 1.54) is 0 Å². The quantitative estimate of drug-likeness (QED) is 0.867. The van der Waals surface area contributed by atoms with Crippen molar-refractivity contribution in [3.05, 3.63) is 29.6 Å². The number of fused-ring (bicyclic) bond motifs is 1. The lowest BCUT2D eigenvalue weighted by molar-refractivity contribution is -0.121. The molecule has 0 fully saturated rings. The summed E-state index contributed by atoms with van der Waals surface area (Å²) in [5, 5.41) is 12.0. The Hall–Kier alpha value is -2.37. The van der Waals surface area contributed by atoms with Gasteiger partial charge in [-0.15, -0.1) is 0 Å². The van der Waals surface area contributed by atoms with E-state index in [1.54, 1.807) is 22.8 Å². The molecule has 106 valence electrons. The van der Waals surface area contributed by atoms with Crippen LogP contribution in [0.15, 0.2) is 18.2 Å². The zero-order valence-corrected chi connectivity index (χ0v) is 11.5. The Morgan fingerprint density at radius 2 is 2.15 bits per heavy atom. The van der Waals surface area contributed by atoms with Crippen molar-refractivity contribution in [3.63, 3.8) is 0 Å². The van der Waals surface area contributed by atoms with Crippen molar-refractivity contribution >= 4 is 22.9 Å². The molecule has 1 heterocycles. The number of imidazole rings is 1. The number of aromatic carboxylic acids is 1. The molecule has 6 heteroatoms. The number of aromatic nitrogens is 2. The van der Waals surface area contributed by atoms with E-state index in [-0.39, 0.29) is 11.5 Å². The number of nitrogens with zero attached hydrogens (tertiary/aromatic N) is 2. The number of aryl methyl sites for hydroxylation is 2. The molecule has 2 aromatic rings. The van der Waals surface area contributed by atoms with Gasteiger partial charge in [-0.2, -0.15) is 0 Å². The minimum Gasteiger partial charge on any atom is -0.478 e. The van der Waals surface area contributed by atoms with Crippen molar-refractivity contribution in [1.29, 1.82) is 0 Å². The van der Waals surface area contributed by atoms with Gasteiger partial charge < -0.3 is 15.0 Å². The van der Waals surface area contributed by atoms with Crippen molar-refractivity contribution in [2.24, 2.45) is 0 Å². The van der Waals surface area contributed by atoms with E-state index in [0.29, 0.717) is 36.4 Å². The van der Waals surface area contributed by atoms with E-state index in [0.717, 1.165) is 0 Å². The summed E-state index contributed by atoms with van der Waals surface area (Å²) in [5.41, 5.74) is 1.42. The predicted molar refractivity (Wildman–Crippen MR) is 74.7 cm³/mol. The third-order valence-electron chi connectivity index (χ3n) is 3.12. The zero-order chi connectivity index (χ0) is 14.7. The smallest absolute Gasteiger partial charge is 0.337 e. The lowest BCUT2D eigenvalue weighted by Crippen LogP contribution is -2.24. The summed E-state index contributed by atoms with van der Waals surface area (Å²) in [4.78, 5) is 27.2. The SMILES string of the molecule is CCNC(=O)CCn1c(C)nc2cccc(C(=O)O)c21. The Morgan fingerprint density at radius 3 is 2.80 bits per heavy atom. The lowest BCUT2D eigenvalue weighted by atomic mass is 10.2. The second-order valence-corrected chi connectivity index (χ2v) is 4.49. The first-order chi connectivity index (χ1) is 9.54. The highest BCUT2D eigenvalue weighted by Crippen LogP contribution is 2.21. The summed E-state index contributed by atoms with van der Waals surface area (Å²) >= 11 is 0. The van der Waals surface area contributed by atoms with Crippen molar-refractivity contribution in [3.8, 4) is 0 Å². The van der Waals surface area contributed by atoms with Crippen molar-refractivity contribution in [2.75, 3.05) is 6.54 Å². The molecule has 0 bridgehead atoms. The van der Waals surface area contributed by atoms with Crippen molar-refractivity contribution in [2.45, 2.75) is 26.8 Å². The van der Waals surface area contributed by atoms with Gasteiger partial charge in [-0.25, -0.2) is 9.78 Å². The number of carboxylic acid groups (broad SMARTS) is 1. The fourth-order valence-corrected chi connectivity index (χ4v) is 2.25. The number of hydrogen-bond acceptors (Lipinski definition) is 3. The Kier molecular flexibility index (Phi) is 4.02. The van der Waals surface area contributed by atoms with E-state index < -0.39 is 5.97 Å². The van der Waals surface area contributed by atoms with Crippen LogP contribution in [0.3, 0.4) is 0 Å². The van der Waals surface area contributed by atoms with Crippen molar-refractivity contribution in [1.82, 2.24) is 14.9 Å². The van der Waals surface area contributed by atoms with Crippen LogP contribution in [0, 0.1) is 6.92 Å². The summed E-state index contributed by atoms with van der Waals surface area (Å²) in [5.74, 6) is -0.339.